The Hall–Kier alpha value is -2.07. The van der Waals surface area contributed by atoms with Crippen molar-refractivity contribution in [3.05, 3.63) is 11.8 Å². The topological polar surface area (TPSA) is 89.2 Å². The van der Waals surface area contributed by atoms with Crippen LogP contribution in [0, 0.1) is 11.3 Å². The van der Waals surface area contributed by atoms with Crippen LogP contribution >= 0.6 is 0 Å². The predicted molar refractivity (Wildman–Crippen MR) is 68.7 cm³/mol. The van der Waals surface area contributed by atoms with Gasteiger partial charge in [0.1, 0.15) is 17.2 Å². The van der Waals surface area contributed by atoms with E-state index in [9.17, 15) is 4.79 Å². The zero-order valence-electron chi connectivity index (χ0n) is 11.6. The van der Waals surface area contributed by atoms with Crippen LogP contribution in [0.3, 0.4) is 0 Å². The normalized spacial score (nSPS) is 10.9. The van der Waals surface area contributed by atoms with Gasteiger partial charge in [0, 0.05) is 13.3 Å². The number of ether oxygens (including phenoxy) is 2. The molecule has 1 heterocycles. The third-order valence-corrected chi connectivity index (χ3v) is 2.03. The van der Waals surface area contributed by atoms with Gasteiger partial charge in [-0.25, -0.2) is 4.79 Å². The van der Waals surface area contributed by atoms with E-state index in [0.717, 1.165) is 0 Å². The highest BCUT2D eigenvalue weighted by atomic mass is 16.6. The predicted octanol–water partition coefficient (Wildman–Crippen LogP) is 1.75. The zero-order chi connectivity index (χ0) is 14.5. The van der Waals surface area contributed by atoms with E-state index >= 15 is 0 Å². The molecule has 7 nitrogen and oxygen atoms in total. The van der Waals surface area contributed by atoms with Gasteiger partial charge in [-0.15, -0.1) is 0 Å². The van der Waals surface area contributed by atoms with Crippen LogP contribution in [0.5, 0.6) is 0 Å². The van der Waals surface area contributed by atoms with E-state index in [1.165, 1.54) is 4.68 Å². The SMILES string of the molecule is COCCn1cc(C#N)c(NC(=O)OC(C)(C)C)n1. The second-order valence-electron chi connectivity index (χ2n) is 4.89. The second-order valence-corrected chi connectivity index (χ2v) is 4.89. The minimum absolute atomic E-state index is 0.188. The summed E-state index contributed by atoms with van der Waals surface area (Å²) in [6.07, 6.45) is 0.909. The second kappa shape index (κ2) is 6.20. The fourth-order valence-electron chi connectivity index (χ4n) is 1.30. The van der Waals surface area contributed by atoms with Crippen molar-refractivity contribution < 1.29 is 14.3 Å². The molecule has 7 heteroatoms. The third-order valence-electron chi connectivity index (χ3n) is 2.03. The van der Waals surface area contributed by atoms with Crippen molar-refractivity contribution in [2.75, 3.05) is 19.0 Å². The van der Waals surface area contributed by atoms with E-state index in [0.29, 0.717) is 13.2 Å². The highest BCUT2D eigenvalue weighted by Gasteiger charge is 2.18. The Morgan fingerprint density at radius 2 is 2.26 bits per heavy atom. The van der Waals surface area contributed by atoms with Gasteiger partial charge in [-0.3, -0.25) is 10.00 Å². The molecule has 0 aliphatic rings. The van der Waals surface area contributed by atoms with Gasteiger partial charge in [0.2, 0.25) is 0 Å². The van der Waals surface area contributed by atoms with E-state index in [4.69, 9.17) is 14.7 Å². The fourth-order valence-corrected chi connectivity index (χ4v) is 1.30. The molecular weight excluding hydrogens is 248 g/mol. The average molecular weight is 266 g/mol. The van der Waals surface area contributed by atoms with E-state index in [-0.39, 0.29) is 11.4 Å². The number of anilines is 1. The number of carbonyl (C=O) groups excluding carboxylic acids is 1. The lowest BCUT2D eigenvalue weighted by Crippen LogP contribution is -2.27. The number of nitrogens with one attached hydrogen (secondary N) is 1. The summed E-state index contributed by atoms with van der Waals surface area (Å²) < 4.78 is 11.6. The Morgan fingerprint density at radius 3 is 2.79 bits per heavy atom. The van der Waals surface area contributed by atoms with Crippen LogP contribution in [0.25, 0.3) is 0 Å². The number of rotatable bonds is 4. The number of carbonyl (C=O) groups is 1. The molecule has 0 atom stereocenters. The molecule has 1 aromatic rings. The number of amides is 1. The van der Waals surface area contributed by atoms with Crippen molar-refractivity contribution in [3.63, 3.8) is 0 Å². The average Bonchev–Trinajstić information content (AvgIpc) is 2.66. The Morgan fingerprint density at radius 1 is 1.58 bits per heavy atom. The summed E-state index contributed by atoms with van der Waals surface area (Å²) in [5.74, 6) is 0.188. The standard InChI is InChI=1S/C12H18N4O3/c1-12(2,3)19-11(17)14-10-9(7-13)8-16(15-10)5-6-18-4/h8H,5-6H2,1-4H3,(H,14,15,17). The van der Waals surface area contributed by atoms with Gasteiger partial charge in [-0.2, -0.15) is 10.4 Å². The molecular formula is C12H18N4O3. The molecule has 1 aromatic heterocycles. The number of nitrogens with zero attached hydrogens (tertiary/aromatic N) is 3. The van der Waals surface area contributed by atoms with Crippen LogP contribution in [0.4, 0.5) is 10.6 Å². The van der Waals surface area contributed by atoms with Gasteiger partial charge in [-0.1, -0.05) is 0 Å². The maximum atomic E-state index is 11.6. The van der Waals surface area contributed by atoms with E-state index < -0.39 is 11.7 Å². The van der Waals surface area contributed by atoms with Crippen molar-refractivity contribution in [2.45, 2.75) is 32.9 Å². The van der Waals surface area contributed by atoms with Crippen molar-refractivity contribution in [2.24, 2.45) is 0 Å². The maximum absolute atomic E-state index is 11.6. The summed E-state index contributed by atoms with van der Waals surface area (Å²) in [6, 6.07) is 1.97. The van der Waals surface area contributed by atoms with Crippen LogP contribution < -0.4 is 5.32 Å². The molecule has 1 rings (SSSR count). The molecule has 1 amide bonds. The van der Waals surface area contributed by atoms with Crippen molar-refractivity contribution in [1.29, 1.82) is 5.26 Å². The number of hydrogen-bond acceptors (Lipinski definition) is 5. The summed E-state index contributed by atoms with van der Waals surface area (Å²) in [4.78, 5) is 11.6. The zero-order valence-corrected chi connectivity index (χ0v) is 11.6. The van der Waals surface area contributed by atoms with Crippen LogP contribution in [0.1, 0.15) is 26.3 Å². The van der Waals surface area contributed by atoms with Gasteiger partial charge in [0.25, 0.3) is 0 Å². The Labute approximate surface area is 112 Å². The summed E-state index contributed by atoms with van der Waals surface area (Å²) in [5, 5.41) is 15.5. The highest BCUT2D eigenvalue weighted by molar-refractivity contribution is 5.85. The summed E-state index contributed by atoms with van der Waals surface area (Å²) in [5.41, 5.74) is -0.322. The molecule has 0 spiro atoms. The molecule has 0 aliphatic heterocycles. The minimum Gasteiger partial charge on any atom is -0.444 e. The first-order chi connectivity index (χ1) is 8.85. The molecule has 0 saturated heterocycles. The molecule has 1 N–H and O–H groups in total. The van der Waals surface area contributed by atoms with Gasteiger partial charge < -0.3 is 9.47 Å². The lowest BCUT2D eigenvalue weighted by molar-refractivity contribution is 0.0635. The minimum atomic E-state index is -0.638. The third kappa shape index (κ3) is 4.97. The van der Waals surface area contributed by atoms with Crippen molar-refractivity contribution in [3.8, 4) is 6.07 Å². The first kappa shape index (κ1) is 15.0. The number of aromatic nitrogens is 2. The largest absolute Gasteiger partial charge is 0.444 e. The van der Waals surface area contributed by atoms with Crippen molar-refractivity contribution >= 4 is 11.9 Å². The van der Waals surface area contributed by atoms with E-state index in [2.05, 4.69) is 10.4 Å². The molecule has 0 saturated carbocycles. The Kier molecular flexibility index (Phi) is 4.89. The van der Waals surface area contributed by atoms with Crippen LogP contribution in [-0.4, -0.2) is 35.2 Å². The maximum Gasteiger partial charge on any atom is 0.413 e. The molecule has 0 unspecified atom stereocenters. The van der Waals surface area contributed by atoms with E-state index in [1.807, 2.05) is 6.07 Å². The van der Waals surface area contributed by atoms with Crippen LogP contribution in [-0.2, 0) is 16.0 Å². The monoisotopic (exact) mass is 266 g/mol. The summed E-state index contributed by atoms with van der Waals surface area (Å²) >= 11 is 0. The Balaban J connectivity index is 2.74. The molecule has 19 heavy (non-hydrogen) atoms. The lowest BCUT2D eigenvalue weighted by Gasteiger charge is -2.19. The Bertz CT molecular complexity index is 482. The van der Waals surface area contributed by atoms with Gasteiger partial charge in [0.15, 0.2) is 5.82 Å². The van der Waals surface area contributed by atoms with Gasteiger partial charge in [-0.05, 0) is 20.8 Å². The van der Waals surface area contributed by atoms with E-state index in [1.54, 1.807) is 34.1 Å². The number of hydrogen-bond donors (Lipinski definition) is 1. The lowest BCUT2D eigenvalue weighted by atomic mass is 10.2. The first-order valence-electron chi connectivity index (χ1n) is 5.82. The number of nitriles is 1. The smallest absolute Gasteiger partial charge is 0.413 e. The molecule has 0 bridgehead atoms. The van der Waals surface area contributed by atoms with Crippen LogP contribution in [0.15, 0.2) is 6.20 Å². The number of methoxy groups -OCH3 is 1. The fraction of sp³-hybridized carbons (Fsp3) is 0.583. The van der Waals surface area contributed by atoms with Gasteiger partial charge in [0.05, 0.1) is 13.2 Å². The first-order valence-corrected chi connectivity index (χ1v) is 5.82. The quantitative estimate of drug-likeness (QED) is 0.896. The molecule has 0 aliphatic carbocycles. The highest BCUT2D eigenvalue weighted by Crippen LogP contribution is 2.14. The molecule has 0 aromatic carbocycles. The molecule has 0 radical (unpaired) electrons. The summed E-state index contributed by atoms with van der Waals surface area (Å²) in [7, 11) is 1.58. The molecule has 0 fully saturated rings. The van der Waals surface area contributed by atoms with Gasteiger partial charge >= 0.3 is 6.09 Å². The van der Waals surface area contributed by atoms with Crippen LogP contribution in [0.2, 0.25) is 0 Å². The van der Waals surface area contributed by atoms with Crippen molar-refractivity contribution in [1.82, 2.24) is 9.78 Å². The summed E-state index contributed by atoms with van der Waals surface area (Å²) in [6.45, 7) is 6.25. The molecule has 104 valence electrons.